The molecule has 0 aliphatic carbocycles. The van der Waals surface area contributed by atoms with Crippen LogP contribution in [-0.2, 0) is 11.2 Å². The molecule has 14 heavy (non-hydrogen) atoms. The zero-order valence-electron chi connectivity index (χ0n) is 6.91. The SMILES string of the molecule is O=C1Cc2c(ccc([N+](=O)[O-])c2I)N1. The van der Waals surface area contributed by atoms with Crippen LogP contribution in [0.15, 0.2) is 12.1 Å². The number of nitro benzene ring substituents is 1. The van der Waals surface area contributed by atoms with Gasteiger partial charge in [0.2, 0.25) is 5.91 Å². The van der Waals surface area contributed by atoms with Crippen molar-refractivity contribution in [2.45, 2.75) is 6.42 Å². The summed E-state index contributed by atoms with van der Waals surface area (Å²) in [6, 6.07) is 2.98. The summed E-state index contributed by atoms with van der Waals surface area (Å²) in [5.41, 5.74) is 1.47. The number of amides is 1. The van der Waals surface area contributed by atoms with E-state index in [0.29, 0.717) is 9.26 Å². The van der Waals surface area contributed by atoms with Gasteiger partial charge in [0.15, 0.2) is 0 Å². The number of nitrogens with zero attached hydrogens (tertiary/aromatic N) is 1. The molecule has 72 valence electrons. The maximum atomic E-state index is 11.0. The van der Waals surface area contributed by atoms with Gasteiger partial charge in [0.1, 0.15) is 0 Å². The van der Waals surface area contributed by atoms with Gasteiger partial charge in [0, 0.05) is 17.3 Å². The second-order valence-electron chi connectivity index (χ2n) is 2.91. The molecule has 5 nitrogen and oxygen atoms in total. The Bertz CT molecular complexity index is 444. The molecule has 1 aromatic rings. The lowest BCUT2D eigenvalue weighted by atomic mass is 10.1. The van der Waals surface area contributed by atoms with Crippen LogP contribution in [0.25, 0.3) is 0 Å². The standard InChI is InChI=1S/C8H5IN2O3/c9-8-4-3-7(12)10-5(4)1-2-6(8)11(13)14/h1-2H,3H2,(H,10,12). The van der Waals surface area contributed by atoms with E-state index in [1.165, 1.54) is 6.07 Å². The van der Waals surface area contributed by atoms with Crippen molar-refractivity contribution in [3.63, 3.8) is 0 Å². The average molecular weight is 304 g/mol. The van der Waals surface area contributed by atoms with E-state index in [4.69, 9.17) is 0 Å². The van der Waals surface area contributed by atoms with Crippen LogP contribution < -0.4 is 5.32 Å². The molecule has 1 amide bonds. The minimum absolute atomic E-state index is 0.0563. The molecule has 0 spiro atoms. The first kappa shape index (κ1) is 9.38. The van der Waals surface area contributed by atoms with Crippen LogP contribution in [-0.4, -0.2) is 10.8 Å². The molecule has 1 aliphatic heterocycles. The summed E-state index contributed by atoms with van der Waals surface area (Å²) in [7, 11) is 0. The number of hydrogen-bond donors (Lipinski definition) is 1. The number of anilines is 1. The van der Waals surface area contributed by atoms with Crippen LogP contribution in [0.1, 0.15) is 5.56 Å². The summed E-state index contributed by atoms with van der Waals surface area (Å²) < 4.78 is 0.545. The smallest absolute Gasteiger partial charge is 0.283 e. The van der Waals surface area contributed by atoms with Crippen molar-refractivity contribution in [1.82, 2.24) is 0 Å². The van der Waals surface area contributed by atoms with E-state index in [9.17, 15) is 14.9 Å². The third kappa shape index (κ3) is 1.35. The Hall–Kier alpha value is -1.18. The Balaban J connectivity index is 2.59. The third-order valence-electron chi connectivity index (χ3n) is 2.03. The maximum absolute atomic E-state index is 11.0. The van der Waals surface area contributed by atoms with E-state index < -0.39 is 4.92 Å². The Morgan fingerprint density at radius 1 is 1.50 bits per heavy atom. The van der Waals surface area contributed by atoms with E-state index in [1.807, 2.05) is 22.6 Å². The monoisotopic (exact) mass is 304 g/mol. The van der Waals surface area contributed by atoms with Gasteiger partial charge in [-0.05, 0) is 28.7 Å². The normalized spacial score (nSPS) is 13.6. The van der Waals surface area contributed by atoms with Crippen LogP contribution in [0, 0.1) is 13.7 Å². The van der Waals surface area contributed by atoms with E-state index in [2.05, 4.69) is 5.32 Å². The molecular weight excluding hydrogens is 299 g/mol. The predicted molar refractivity (Wildman–Crippen MR) is 58.1 cm³/mol. The molecule has 1 heterocycles. The predicted octanol–water partition coefficient (Wildman–Crippen LogP) is 1.69. The van der Waals surface area contributed by atoms with Crippen LogP contribution in [0.5, 0.6) is 0 Å². The Kier molecular flexibility index (Phi) is 2.14. The lowest BCUT2D eigenvalue weighted by Crippen LogP contribution is -2.03. The molecule has 0 fully saturated rings. The Morgan fingerprint density at radius 2 is 2.21 bits per heavy atom. The van der Waals surface area contributed by atoms with Crippen molar-refractivity contribution in [2.75, 3.05) is 5.32 Å². The van der Waals surface area contributed by atoms with Gasteiger partial charge in [-0.25, -0.2) is 0 Å². The molecule has 1 aliphatic rings. The summed E-state index contributed by atoms with van der Waals surface area (Å²) in [5, 5.41) is 13.2. The number of benzene rings is 1. The summed E-state index contributed by atoms with van der Waals surface area (Å²) in [6.45, 7) is 0. The largest absolute Gasteiger partial charge is 0.325 e. The Labute approximate surface area is 92.8 Å². The first-order valence-electron chi connectivity index (χ1n) is 3.85. The van der Waals surface area contributed by atoms with Gasteiger partial charge >= 0.3 is 0 Å². The maximum Gasteiger partial charge on any atom is 0.283 e. The molecule has 6 heteroatoms. The van der Waals surface area contributed by atoms with Crippen molar-refractivity contribution in [1.29, 1.82) is 0 Å². The first-order chi connectivity index (χ1) is 6.59. The number of rotatable bonds is 1. The number of halogens is 1. The molecule has 0 aromatic heterocycles. The van der Waals surface area contributed by atoms with Crippen molar-refractivity contribution in [2.24, 2.45) is 0 Å². The molecule has 2 rings (SSSR count). The average Bonchev–Trinajstić information content (AvgIpc) is 2.46. The van der Waals surface area contributed by atoms with E-state index in [1.54, 1.807) is 6.07 Å². The summed E-state index contributed by atoms with van der Waals surface area (Å²) in [5.74, 6) is -0.113. The molecule has 1 N–H and O–H groups in total. The topological polar surface area (TPSA) is 72.2 Å². The van der Waals surface area contributed by atoms with E-state index >= 15 is 0 Å². The van der Waals surface area contributed by atoms with Crippen LogP contribution >= 0.6 is 22.6 Å². The fourth-order valence-electron chi connectivity index (χ4n) is 1.39. The molecule has 0 bridgehead atoms. The number of carbonyl (C=O) groups excluding carboxylic acids is 1. The minimum atomic E-state index is -0.440. The second kappa shape index (κ2) is 3.19. The van der Waals surface area contributed by atoms with Gasteiger partial charge in [-0.2, -0.15) is 0 Å². The fourth-order valence-corrected chi connectivity index (χ4v) is 2.25. The van der Waals surface area contributed by atoms with Gasteiger partial charge in [0.25, 0.3) is 5.69 Å². The van der Waals surface area contributed by atoms with Crippen LogP contribution in [0.3, 0.4) is 0 Å². The van der Waals surface area contributed by atoms with Gasteiger partial charge in [-0.1, -0.05) is 0 Å². The molecule has 0 atom stereocenters. The highest BCUT2D eigenvalue weighted by Crippen LogP contribution is 2.33. The number of nitro groups is 1. The zero-order chi connectivity index (χ0) is 10.3. The summed E-state index contributed by atoms with van der Waals surface area (Å²) in [6.07, 6.45) is 0.231. The Morgan fingerprint density at radius 3 is 2.86 bits per heavy atom. The van der Waals surface area contributed by atoms with Gasteiger partial charge in [-0.3, -0.25) is 14.9 Å². The first-order valence-corrected chi connectivity index (χ1v) is 4.93. The molecule has 0 saturated heterocycles. The van der Waals surface area contributed by atoms with Crippen molar-refractivity contribution in [3.8, 4) is 0 Å². The van der Waals surface area contributed by atoms with E-state index in [0.717, 1.165) is 5.56 Å². The molecule has 0 unspecified atom stereocenters. The van der Waals surface area contributed by atoms with Crippen molar-refractivity contribution >= 4 is 39.9 Å². The van der Waals surface area contributed by atoms with E-state index in [-0.39, 0.29) is 18.0 Å². The minimum Gasteiger partial charge on any atom is -0.325 e. The zero-order valence-corrected chi connectivity index (χ0v) is 9.07. The van der Waals surface area contributed by atoms with Gasteiger partial charge < -0.3 is 5.32 Å². The molecule has 0 saturated carbocycles. The highest BCUT2D eigenvalue weighted by atomic mass is 127. The summed E-state index contributed by atoms with van der Waals surface area (Å²) in [4.78, 5) is 21.2. The molecule has 0 radical (unpaired) electrons. The fraction of sp³-hybridized carbons (Fsp3) is 0.125. The number of hydrogen-bond acceptors (Lipinski definition) is 3. The quantitative estimate of drug-likeness (QED) is 0.487. The van der Waals surface area contributed by atoms with Crippen LogP contribution in [0.4, 0.5) is 11.4 Å². The van der Waals surface area contributed by atoms with Gasteiger partial charge in [-0.15, -0.1) is 0 Å². The lowest BCUT2D eigenvalue weighted by Gasteiger charge is -2.01. The lowest BCUT2D eigenvalue weighted by molar-refractivity contribution is -0.385. The van der Waals surface area contributed by atoms with Crippen molar-refractivity contribution < 1.29 is 9.72 Å². The van der Waals surface area contributed by atoms with Crippen LogP contribution in [0.2, 0.25) is 0 Å². The number of fused-ring (bicyclic) bond motifs is 1. The summed E-state index contributed by atoms with van der Waals surface area (Å²) >= 11 is 1.90. The molecular formula is C8H5IN2O3. The number of nitrogens with one attached hydrogen (secondary N) is 1. The second-order valence-corrected chi connectivity index (χ2v) is 3.99. The molecule has 1 aromatic carbocycles. The number of carbonyl (C=O) groups is 1. The van der Waals surface area contributed by atoms with Crippen molar-refractivity contribution in [3.05, 3.63) is 31.4 Å². The highest BCUT2D eigenvalue weighted by molar-refractivity contribution is 14.1. The highest BCUT2D eigenvalue weighted by Gasteiger charge is 2.25. The third-order valence-corrected chi connectivity index (χ3v) is 3.23. The van der Waals surface area contributed by atoms with Gasteiger partial charge in [0.05, 0.1) is 14.9 Å².